The Labute approximate surface area is 114 Å². The maximum absolute atomic E-state index is 5.26. The number of nitrogens with one attached hydrogen (secondary N) is 2. The van der Waals surface area contributed by atoms with Gasteiger partial charge in [0.1, 0.15) is 0 Å². The molecule has 2 N–H and O–H groups in total. The van der Waals surface area contributed by atoms with Crippen LogP contribution in [0.3, 0.4) is 0 Å². The summed E-state index contributed by atoms with van der Waals surface area (Å²) in [7, 11) is 1.80. The molecule has 100 valence electrons. The van der Waals surface area contributed by atoms with Gasteiger partial charge in [-0.15, -0.1) is 17.0 Å². The van der Waals surface area contributed by atoms with Crippen molar-refractivity contribution in [1.82, 2.24) is 10.6 Å². The molecule has 0 unspecified atom stereocenters. The van der Waals surface area contributed by atoms with Crippen molar-refractivity contribution >= 4 is 22.9 Å². The number of ether oxygens (including phenoxy) is 1. The summed E-state index contributed by atoms with van der Waals surface area (Å²) in [5.41, 5.74) is 0.479. The Morgan fingerprint density at radius 3 is 2.94 bits per heavy atom. The number of aliphatic imine (C=N–C) groups is 1. The molecular formula is C12H24BrN3O. The minimum absolute atomic E-state index is 0. The van der Waals surface area contributed by atoms with Gasteiger partial charge in [-0.25, -0.2) is 0 Å². The van der Waals surface area contributed by atoms with Crippen LogP contribution in [0.25, 0.3) is 0 Å². The van der Waals surface area contributed by atoms with Gasteiger partial charge in [-0.3, -0.25) is 4.99 Å². The molecule has 1 fully saturated rings. The van der Waals surface area contributed by atoms with Crippen molar-refractivity contribution in [1.29, 1.82) is 0 Å². The van der Waals surface area contributed by atoms with Gasteiger partial charge in [-0.1, -0.05) is 0 Å². The van der Waals surface area contributed by atoms with E-state index in [9.17, 15) is 0 Å². The highest BCUT2D eigenvalue weighted by Crippen LogP contribution is 2.48. The highest BCUT2D eigenvalue weighted by molar-refractivity contribution is 8.93. The summed E-state index contributed by atoms with van der Waals surface area (Å²) in [6.07, 6.45) is 6.26. The van der Waals surface area contributed by atoms with Crippen molar-refractivity contribution in [3.05, 3.63) is 0 Å². The lowest BCUT2D eigenvalue weighted by Gasteiger charge is -2.15. The van der Waals surface area contributed by atoms with Crippen molar-refractivity contribution in [2.45, 2.75) is 32.1 Å². The second-order valence-corrected chi connectivity index (χ2v) is 4.97. The molecule has 17 heavy (non-hydrogen) atoms. The smallest absolute Gasteiger partial charge is 0.191 e. The van der Waals surface area contributed by atoms with Crippen LogP contribution < -0.4 is 10.6 Å². The average Bonchev–Trinajstić information content (AvgIpc) is 3.05. The van der Waals surface area contributed by atoms with Gasteiger partial charge in [0.25, 0.3) is 0 Å². The first-order valence-electron chi connectivity index (χ1n) is 6.36. The van der Waals surface area contributed by atoms with Crippen LogP contribution in [-0.4, -0.2) is 39.3 Å². The number of halogens is 1. The predicted octanol–water partition coefficient (Wildman–Crippen LogP) is 1.71. The molecule has 0 radical (unpaired) electrons. The number of guanidine groups is 1. The van der Waals surface area contributed by atoms with E-state index in [-0.39, 0.29) is 17.0 Å². The van der Waals surface area contributed by atoms with E-state index in [0.29, 0.717) is 5.41 Å². The Hall–Kier alpha value is -0.290. The van der Waals surface area contributed by atoms with E-state index >= 15 is 0 Å². The summed E-state index contributed by atoms with van der Waals surface area (Å²) in [6, 6.07) is 0. The molecule has 5 heteroatoms. The van der Waals surface area contributed by atoms with Crippen molar-refractivity contribution < 1.29 is 4.74 Å². The van der Waals surface area contributed by atoms with Crippen LogP contribution in [0.2, 0.25) is 0 Å². The Kier molecular flexibility index (Phi) is 6.27. The molecule has 0 saturated heterocycles. The van der Waals surface area contributed by atoms with E-state index in [0.717, 1.165) is 32.2 Å². The molecule has 2 rings (SSSR count). The minimum Gasteiger partial charge on any atom is -0.384 e. The fourth-order valence-corrected chi connectivity index (χ4v) is 2.20. The molecule has 0 bridgehead atoms. The lowest BCUT2D eigenvalue weighted by Crippen LogP contribution is -2.38. The van der Waals surface area contributed by atoms with Gasteiger partial charge in [0.15, 0.2) is 5.96 Å². The molecule has 1 aliphatic carbocycles. The topological polar surface area (TPSA) is 45.6 Å². The fourth-order valence-electron chi connectivity index (χ4n) is 2.20. The molecule has 1 heterocycles. The van der Waals surface area contributed by atoms with Gasteiger partial charge in [0.05, 0.1) is 6.61 Å². The zero-order valence-electron chi connectivity index (χ0n) is 10.6. The van der Waals surface area contributed by atoms with E-state index in [2.05, 4.69) is 15.6 Å². The number of hydrogen-bond acceptors (Lipinski definition) is 4. The molecule has 0 aromatic heterocycles. The fraction of sp³-hybridized carbons (Fsp3) is 0.917. The Morgan fingerprint density at radius 2 is 2.24 bits per heavy atom. The van der Waals surface area contributed by atoms with Crippen molar-refractivity contribution in [2.24, 2.45) is 10.4 Å². The molecule has 0 spiro atoms. The highest BCUT2D eigenvalue weighted by atomic mass is 79.9. The molecule has 0 amide bonds. The minimum atomic E-state index is 0. The van der Waals surface area contributed by atoms with Gasteiger partial charge >= 0.3 is 0 Å². The van der Waals surface area contributed by atoms with Crippen LogP contribution >= 0.6 is 17.0 Å². The van der Waals surface area contributed by atoms with Crippen LogP contribution in [-0.2, 0) is 4.74 Å². The van der Waals surface area contributed by atoms with Crippen molar-refractivity contribution in [3.63, 3.8) is 0 Å². The molecule has 0 atom stereocenters. The van der Waals surface area contributed by atoms with Gasteiger partial charge in [0.2, 0.25) is 0 Å². The Balaban J connectivity index is 0.00000144. The number of methoxy groups -OCH3 is 1. The van der Waals surface area contributed by atoms with Gasteiger partial charge in [0, 0.05) is 26.7 Å². The van der Waals surface area contributed by atoms with Crippen LogP contribution in [0.4, 0.5) is 0 Å². The van der Waals surface area contributed by atoms with Crippen LogP contribution in [0.5, 0.6) is 0 Å². The number of rotatable bonds is 5. The molecule has 1 saturated carbocycles. The van der Waals surface area contributed by atoms with Crippen LogP contribution in [0, 0.1) is 5.41 Å². The summed E-state index contributed by atoms with van der Waals surface area (Å²) in [6.45, 7) is 3.93. The second-order valence-electron chi connectivity index (χ2n) is 4.97. The summed E-state index contributed by atoms with van der Waals surface area (Å²) in [5.74, 6) is 0.991. The summed E-state index contributed by atoms with van der Waals surface area (Å²) < 4.78 is 5.26. The zero-order valence-corrected chi connectivity index (χ0v) is 12.3. The standard InChI is InChI=1S/C12H23N3O.BrH/c1-16-10-12(4-5-12)6-9-15-11-13-7-2-3-8-14-11;/h2-10H2,1H3,(H2,13,14,15);1H. The predicted molar refractivity (Wildman–Crippen MR) is 76.0 cm³/mol. The maximum atomic E-state index is 5.26. The first-order chi connectivity index (χ1) is 7.85. The van der Waals surface area contributed by atoms with E-state index < -0.39 is 0 Å². The van der Waals surface area contributed by atoms with E-state index in [4.69, 9.17) is 4.74 Å². The van der Waals surface area contributed by atoms with Crippen molar-refractivity contribution in [3.8, 4) is 0 Å². The third-order valence-electron chi connectivity index (χ3n) is 3.50. The lowest BCUT2D eigenvalue weighted by molar-refractivity contribution is 0.137. The molecule has 1 aliphatic heterocycles. The summed E-state index contributed by atoms with van der Waals surface area (Å²) in [5, 5.41) is 6.73. The molecular weight excluding hydrogens is 282 g/mol. The lowest BCUT2D eigenvalue weighted by atomic mass is 10.0. The first kappa shape index (κ1) is 14.8. The van der Waals surface area contributed by atoms with Gasteiger partial charge in [-0.2, -0.15) is 0 Å². The first-order valence-corrected chi connectivity index (χ1v) is 6.36. The zero-order chi connectivity index (χ0) is 11.3. The van der Waals surface area contributed by atoms with Crippen LogP contribution in [0.15, 0.2) is 4.99 Å². The third-order valence-corrected chi connectivity index (χ3v) is 3.50. The normalized spacial score (nSPS) is 21.6. The monoisotopic (exact) mass is 305 g/mol. The molecule has 2 aliphatic rings. The quantitative estimate of drug-likeness (QED) is 0.813. The number of hydrogen-bond donors (Lipinski definition) is 2. The summed E-state index contributed by atoms with van der Waals surface area (Å²) >= 11 is 0. The van der Waals surface area contributed by atoms with E-state index in [1.54, 1.807) is 7.11 Å². The maximum Gasteiger partial charge on any atom is 0.191 e. The Morgan fingerprint density at radius 1 is 1.41 bits per heavy atom. The summed E-state index contributed by atoms with van der Waals surface area (Å²) in [4.78, 5) is 4.47. The second kappa shape index (κ2) is 7.21. The number of nitrogens with zero attached hydrogens (tertiary/aromatic N) is 1. The molecule has 0 aromatic rings. The van der Waals surface area contributed by atoms with Crippen LogP contribution in [0.1, 0.15) is 32.1 Å². The SMILES string of the molecule is Br.COCC1(CCNC2=NCCCCN2)CC1. The largest absolute Gasteiger partial charge is 0.384 e. The Bertz CT molecular complexity index is 254. The average molecular weight is 306 g/mol. The van der Waals surface area contributed by atoms with E-state index in [1.165, 1.54) is 32.1 Å². The highest BCUT2D eigenvalue weighted by Gasteiger charge is 2.41. The van der Waals surface area contributed by atoms with E-state index in [1.807, 2.05) is 0 Å². The van der Waals surface area contributed by atoms with Gasteiger partial charge < -0.3 is 15.4 Å². The molecule has 4 nitrogen and oxygen atoms in total. The van der Waals surface area contributed by atoms with Crippen molar-refractivity contribution in [2.75, 3.05) is 33.4 Å². The molecule has 0 aromatic carbocycles. The van der Waals surface area contributed by atoms with Gasteiger partial charge in [-0.05, 0) is 37.5 Å². The third kappa shape index (κ3) is 4.84.